The second kappa shape index (κ2) is 7.83. The monoisotopic (exact) mass is 292 g/mol. The third kappa shape index (κ3) is 4.47. The maximum atomic E-state index is 4.87. The molecule has 0 bridgehead atoms. The number of nitrogens with zero attached hydrogens (tertiary/aromatic N) is 3. The van der Waals surface area contributed by atoms with Crippen molar-refractivity contribution < 1.29 is 0 Å². The van der Waals surface area contributed by atoms with Gasteiger partial charge in [-0.1, -0.05) is 27.7 Å². The number of imidazole rings is 1. The molecule has 1 aromatic heterocycles. The topological polar surface area (TPSA) is 33.1 Å². The lowest BCUT2D eigenvalue weighted by molar-refractivity contribution is 0.380. The molecule has 1 aliphatic rings. The van der Waals surface area contributed by atoms with Gasteiger partial charge in [-0.15, -0.1) is 0 Å². The molecular weight excluding hydrogens is 260 g/mol. The molecule has 4 heteroatoms. The van der Waals surface area contributed by atoms with Crippen LogP contribution >= 0.6 is 0 Å². The van der Waals surface area contributed by atoms with Gasteiger partial charge < -0.3 is 14.8 Å². The molecule has 0 aliphatic carbocycles. The molecule has 1 aliphatic heterocycles. The SMILES string of the molecule is CCNCC1CCN(c2nc(CC)cn2CC(C)C)CC1. The molecule has 21 heavy (non-hydrogen) atoms. The molecule has 0 unspecified atom stereocenters. The van der Waals surface area contributed by atoms with E-state index < -0.39 is 0 Å². The zero-order valence-corrected chi connectivity index (χ0v) is 14.2. The third-order valence-electron chi connectivity index (χ3n) is 4.31. The Morgan fingerprint density at radius 3 is 2.57 bits per heavy atom. The number of anilines is 1. The number of rotatable bonds is 7. The summed E-state index contributed by atoms with van der Waals surface area (Å²) in [6.45, 7) is 14.5. The molecule has 1 aromatic rings. The lowest BCUT2D eigenvalue weighted by Crippen LogP contribution is -2.38. The van der Waals surface area contributed by atoms with Gasteiger partial charge >= 0.3 is 0 Å². The van der Waals surface area contributed by atoms with Crippen molar-refractivity contribution in [3.63, 3.8) is 0 Å². The molecule has 1 fully saturated rings. The standard InChI is InChI=1S/C17H32N4/c1-5-16-13-21(12-14(3)4)17(19-16)20-9-7-15(8-10-20)11-18-6-2/h13-15,18H,5-12H2,1-4H3. The number of hydrogen-bond acceptors (Lipinski definition) is 3. The van der Waals surface area contributed by atoms with Crippen molar-refractivity contribution in [3.05, 3.63) is 11.9 Å². The lowest BCUT2D eigenvalue weighted by Gasteiger charge is -2.33. The predicted molar refractivity (Wildman–Crippen MR) is 89.9 cm³/mol. The molecule has 0 atom stereocenters. The Labute approximate surface area is 129 Å². The minimum Gasteiger partial charge on any atom is -0.342 e. The van der Waals surface area contributed by atoms with Crippen LogP contribution < -0.4 is 10.2 Å². The van der Waals surface area contributed by atoms with E-state index in [9.17, 15) is 0 Å². The molecule has 0 aromatic carbocycles. The highest BCUT2D eigenvalue weighted by molar-refractivity contribution is 5.34. The van der Waals surface area contributed by atoms with E-state index in [1.165, 1.54) is 31.0 Å². The van der Waals surface area contributed by atoms with Crippen molar-refractivity contribution in [3.8, 4) is 0 Å². The molecule has 1 saturated heterocycles. The van der Waals surface area contributed by atoms with Gasteiger partial charge in [-0.05, 0) is 44.2 Å². The summed E-state index contributed by atoms with van der Waals surface area (Å²) < 4.78 is 2.37. The molecule has 120 valence electrons. The zero-order valence-electron chi connectivity index (χ0n) is 14.2. The number of aromatic nitrogens is 2. The summed E-state index contributed by atoms with van der Waals surface area (Å²) in [4.78, 5) is 7.36. The van der Waals surface area contributed by atoms with Gasteiger partial charge in [0.15, 0.2) is 0 Å². The van der Waals surface area contributed by atoms with Crippen LogP contribution in [0, 0.1) is 11.8 Å². The molecule has 2 heterocycles. The Kier molecular flexibility index (Phi) is 6.09. The Hall–Kier alpha value is -1.03. The second-order valence-electron chi connectivity index (χ2n) is 6.67. The maximum absolute atomic E-state index is 4.87. The summed E-state index contributed by atoms with van der Waals surface area (Å²) in [5.41, 5.74) is 1.22. The highest BCUT2D eigenvalue weighted by Gasteiger charge is 2.22. The highest BCUT2D eigenvalue weighted by atomic mass is 15.3. The van der Waals surface area contributed by atoms with Crippen LogP contribution in [-0.2, 0) is 13.0 Å². The van der Waals surface area contributed by atoms with Crippen LogP contribution in [0.3, 0.4) is 0 Å². The smallest absolute Gasteiger partial charge is 0.205 e. The summed E-state index contributed by atoms with van der Waals surface area (Å²) in [7, 11) is 0. The predicted octanol–water partition coefficient (Wildman–Crippen LogP) is 2.93. The van der Waals surface area contributed by atoms with Gasteiger partial charge in [0.1, 0.15) is 0 Å². The summed E-state index contributed by atoms with van der Waals surface area (Å²) >= 11 is 0. The molecule has 1 N–H and O–H groups in total. The van der Waals surface area contributed by atoms with Gasteiger partial charge in [-0.2, -0.15) is 0 Å². The first-order chi connectivity index (χ1) is 10.1. The lowest BCUT2D eigenvalue weighted by atomic mass is 9.97. The summed E-state index contributed by atoms with van der Waals surface area (Å²) in [5, 5.41) is 3.48. The molecule has 0 saturated carbocycles. The van der Waals surface area contributed by atoms with Crippen LogP contribution in [0.2, 0.25) is 0 Å². The summed E-state index contributed by atoms with van der Waals surface area (Å²) in [6.07, 6.45) is 5.83. The number of hydrogen-bond donors (Lipinski definition) is 1. The Bertz CT molecular complexity index is 416. The van der Waals surface area contributed by atoms with Crippen molar-refractivity contribution in [2.75, 3.05) is 31.1 Å². The largest absolute Gasteiger partial charge is 0.342 e. The van der Waals surface area contributed by atoms with Crippen LogP contribution in [0.15, 0.2) is 6.20 Å². The van der Waals surface area contributed by atoms with Gasteiger partial charge in [0.2, 0.25) is 5.95 Å². The van der Waals surface area contributed by atoms with Crippen molar-refractivity contribution >= 4 is 5.95 Å². The molecule has 2 rings (SSSR count). The maximum Gasteiger partial charge on any atom is 0.205 e. The quantitative estimate of drug-likeness (QED) is 0.839. The van der Waals surface area contributed by atoms with Crippen molar-refractivity contribution in [2.24, 2.45) is 11.8 Å². The van der Waals surface area contributed by atoms with E-state index in [2.05, 4.69) is 48.7 Å². The summed E-state index contributed by atoms with van der Waals surface area (Å²) in [6, 6.07) is 0. The first kappa shape index (κ1) is 16.3. The molecule has 0 radical (unpaired) electrons. The first-order valence-electron chi connectivity index (χ1n) is 8.65. The van der Waals surface area contributed by atoms with Gasteiger partial charge in [0.05, 0.1) is 5.69 Å². The average Bonchev–Trinajstić information content (AvgIpc) is 2.88. The van der Waals surface area contributed by atoms with Gasteiger partial charge in [-0.25, -0.2) is 4.98 Å². The normalized spacial score (nSPS) is 16.9. The van der Waals surface area contributed by atoms with Gasteiger partial charge in [0.25, 0.3) is 0 Å². The van der Waals surface area contributed by atoms with E-state index in [1.54, 1.807) is 0 Å². The minimum absolute atomic E-state index is 0.661. The fourth-order valence-electron chi connectivity index (χ4n) is 3.10. The van der Waals surface area contributed by atoms with Crippen LogP contribution in [-0.4, -0.2) is 35.7 Å². The van der Waals surface area contributed by atoms with Crippen LogP contribution in [0.25, 0.3) is 0 Å². The van der Waals surface area contributed by atoms with Crippen molar-refractivity contribution in [2.45, 2.75) is 53.5 Å². The van der Waals surface area contributed by atoms with E-state index >= 15 is 0 Å². The second-order valence-corrected chi connectivity index (χ2v) is 6.67. The fourth-order valence-corrected chi connectivity index (χ4v) is 3.10. The van der Waals surface area contributed by atoms with Crippen LogP contribution in [0.1, 0.15) is 46.2 Å². The molecular formula is C17H32N4. The zero-order chi connectivity index (χ0) is 15.2. The van der Waals surface area contributed by atoms with E-state index in [0.717, 1.165) is 38.5 Å². The van der Waals surface area contributed by atoms with Gasteiger partial charge in [-0.3, -0.25) is 0 Å². The van der Waals surface area contributed by atoms with Gasteiger partial charge in [0, 0.05) is 25.8 Å². The van der Waals surface area contributed by atoms with E-state index in [1.807, 2.05) is 0 Å². The highest BCUT2D eigenvalue weighted by Crippen LogP contribution is 2.23. The first-order valence-corrected chi connectivity index (χ1v) is 8.65. The Morgan fingerprint density at radius 1 is 1.29 bits per heavy atom. The Morgan fingerprint density at radius 2 is 2.00 bits per heavy atom. The molecule has 0 amide bonds. The fraction of sp³-hybridized carbons (Fsp3) is 0.824. The average molecular weight is 292 g/mol. The van der Waals surface area contributed by atoms with Crippen LogP contribution in [0.5, 0.6) is 0 Å². The summed E-state index contributed by atoms with van der Waals surface area (Å²) in [5.74, 6) is 2.69. The molecule has 4 nitrogen and oxygen atoms in total. The van der Waals surface area contributed by atoms with Crippen LogP contribution in [0.4, 0.5) is 5.95 Å². The van der Waals surface area contributed by atoms with Crippen molar-refractivity contribution in [1.29, 1.82) is 0 Å². The van der Waals surface area contributed by atoms with Crippen molar-refractivity contribution in [1.82, 2.24) is 14.9 Å². The number of aryl methyl sites for hydroxylation is 1. The van der Waals surface area contributed by atoms with E-state index in [-0.39, 0.29) is 0 Å². The van der Waals surface area contributed by atoms with E-state index in [0.29, 0.717) is 5.92 Å². The minimum atomic E-state index is 0.661. The Balaban J connectivity index is 2.00. The molecule has 0 spiro atoms. The number of nitrogens with one attached hydrogen (secondary N) is 1. The third-order valence-corrected chi connectivity index (χ3v) is 4.31. The van der Waals surface area contributed by atoms with E-state index in [4.69, 9.17) is 4.98 Å². The number of piperidine rings is 1.